The van der Waals surface area contributed by atoms with Gasteiger partial charge in [-0.2, -0.15) is 0 Å². The first-order valence-electron chi connectivity index (χ1n) is 6.92. The Morgan fingerprint density at radius 2 is 1.52 bits per heavy atom. The second-order valence-corrected chi connectivity index (χ2v) is 4.87. The SMILES string of the molecule is O=C(O)C(=O)O.O=C1CCCN1CC#CCN1CCCC1. The van der Waals surface area contributed by atoms with Crippen LogP contribution in [0.4, 0.5) is 0 Å². The van der Waals surface area contributed by atoms with Gasteiger partial charge in [0.2, 0.25) is 5.91 Å². The number of carbonyl (C=O) groups is 3. The molecule has 7 nitrogen and oxygen atoms in total. The van der Waals surface area contributed by atoms with Crippen LogP contribution in [0.2, 0.25) is 0 Å². The van der Waals surface area contributed by atoms with Crippen molar-refractivity contribution in [2.45, 2.75) is 25.7 Å². The first-order valence-corrected chi connectivity index (χ1v) is 6.92. The summed E-state index contributed by atoms with van der Waals surface area (Å²) in [6.07, 6.45) is 4.35. The summed E-state index contributed by atoms with van der Waals surface area (Å²) in [6.45, 7) is 4.79. The third-order valence-electron chi connectivity index (χ3n) is 3.25. The topological polar surface area (TPSA) is 98.1 Å². The van der Waals surface area contributed by atoms with E-state index in [1.807, 2.05) is 4.90 Å². The van der Waals surface area contributed by atoms with E-state index in [4.69, 9.17) is 19.8 Å². The number of likely N-dealkylation sites (tertiary alicyclic amines) is 2. The maximum atomic E-state index is 11.3. The lowest BCUT2D eigenvalue weighted by Gasteiger charge is -2.11. The maximum absolute atomic E-state index is 11.3. The van der Waals surface area contributed by atoms with Gasteiger partial charge in [0.25, 0.3) is 0 Å². The van der Waals surface area contributed by atoms with E-state index in [0.717, 1.165) is 19.5 Å². The number of hydrogen-bond acceptors (Lipinski definition) is 4. The molecule has 2 saturated heterocycles. The molecule has 0 aromatic carbocycles. The fourth-order valence-corrected chi connectivity index (χ4v) is 2.13. The van der Waals surface area contributed by atoms with Crippen LogP contribution in [-0.2, 0) is 14.4 Å². The smallest absolute Gasteiger partial charge is 0.414 e. The van der Waals surface area contributed by atoms with Gasteiger partial charge in [-0.25, -0.2) is 9.59 Å². The van der Waals surface area contributed by atoms with Crippen molar-refractivity contribution < 1.29 is 24.6 Å². The van der Waals surface area contributed by atoms with E-state index in [2.05, 4.69) is 16.7 Å². The van der Waals surface area contributed by atoms with Gasteiger partial charge in [0.1, 0.15) is 0 Å². The zero-order valence-electron chi connectivity index (χ0n) is 11.9. The Balaban J connectivity index is 0.000000315. The molecular formula is C14H20N2O5. The molecule has 2 fully saturated rings. The Morgan fingerprint density at radius 3 is 2.00 bits per heavy atom. The van der Waals surface area contributed by atoms with E-state index < -0.39 is 11.9 Å². The average Bonchev–Trinajstić information content (AvgIpc) is 3.07. The molecule has 0 aromatic heterocycles. The third-order valence-corrected chi connectivity index (χ3v) is 3.25. The second kappa shape index (κ2) is 8.97. The zero-order valence-corrected chi connectivity index (χ0v) is 11.9. The molecule has 0 bridgehead atoms. The highest BCUT2D eigenvalue weighted by molar-refractivity contribution is 6.27. The van der Waals surface area contributed by atoms with E-state index in [1.54, 1.807) is 0 Å². The minimum absolute atomic E-state index is 0.269. The quantitative estimate of drug-likeness (QED) is 0.544. The van der Waals surface area contributed by atoms with Crippen molar-refractivity contribution in [1.29, 1.82) is 0 Å². The van der Waals surface area contributed by atoms with Gasteiger partial charge in [-0.1, -0.05) is 11.8 Å². The van der Waals surface area contributed by atoms with Crippen LogP contribution in [0.15, 0.2) is 0 Å². The molecule has 0 aromatic rings. The molecule has 0 atom stereocenters. The Hall–Kier alpha value is -2.07. The lowest BCUT2D eigenvalue weighted by Crippen LogP contribution is -2.25. The Bertz CT molecular complexity index is 434. The molecular weight excluding hydrogens is 276 g/mol. The van der Waals surface area contributed by atoms with Gasteiger partial charge >= 0.3 is 11.9 Å². The molecule has 7 heteroatoms. The zero-order chi connectivity index (χ0) is 15.7. The maximum Gasteiger partial charge on any atom is 0.414 e. The van der Waals surface area contributed by atoms with Gasteiger partial charge in [0.05, 0.1) is 13.1 Å². The van der Waals surface area contributed by atoms with Crippen LogP contribution >= 0.6 is 0 Å². The van der Waals surface area contributed by atoms with E-state index in [9.17, 15) is 4.79 Å². The van der Waals surface area contributed by atoms with Crippen molar-refractivity contribution in [3.05, 3.63) is 0 Å². The minimum atomic E-state index is -1.82. The molecule has 0 unspecified atom stereocenters. The van der Waals surface area contributed by atoms with Crippen molar-refractivity contribution in [3.63, 3.8) is 0 Å². The van der Waals surface area contributed by atoms with E-state index in [-0.39, 0.29) is 5.91 Å². The minimum Gasteiger partial charge on any atom is -0.473 e. The van der Waals surface area contributed by atoms with E-state index >= 15 is 0 Å². The van der Waals surface area contributed by atoms with Crippen molar-refractivity contribution in [1.82, 2.24) is 9.80 Å². The highest BCUT2D eigenvalue weighted by Gasteiger charge is 2.18. The summed E-state index contributed by atoms with van der Waals surface area (Å²) in [6, 6.07) is 0. The number of rotatable bonds is 2. The molecule has 2 heterocycles. The van der Waals surface area contributed by atoms with Gasteiger partial charge in [-0.15, -0.1) is 0 Å². The predicted molar refractivity (Wildman–Crippen MR) is 74.5 cm³/mol. The molecule has 0 saturated carbocycles. The summed E-state index contributed by atoms with van der Waals surface area (Å²) in [4.78, 5) is 33.7. The Kier molecular flexibility index (Phi) is 7.26. The first-order chi connectivity index (χ1) is 10.0. The molecule has 0 radical (unpaired) electrons. The van der Waals surface area contributed by atoms with Crippen LogP contribution in [0, 0.1) is 11.8 Å². The summed E-state index contributed by atoms with van der Waals surface area (Å²) in [5, 5.41) is 14.8. The average molecular weight is 296 g/mol. The highest BCUT2D eigenvalue weighted by Crippen LogP contribution is 2.08. The number of aliphatic carboxylic acids is 2. The number of nitrogens with zero attached hydrogens (tertiary/aromatic N) is 2. The Labute approximate surface area is 123 Å². The number of carboxylic acid groups (broad SMARTS) is 2. The van der Waals surface area contributed by atoms with E-state index in [1.165, 1.54) is 25.9 Å². The van der Waals surface area contributed by atoms with Crippen molar-refractivity contribution in [2.75, 3.05) is 32.7 Å². The van der Waals surface area contributed by atoms with Crippen LogP contribution in [0.5, 0.6) is 0 Å². The van der Waals surface area contributed by atoms with Crippen molar-refractivity contribution >= 4 is 17.8 Å². The first kappa shape index (κ1) is 17.0. The standard InChI is InChI=1S/C12H18N2O.C2H2O4/c15-12-6-5-11-14(12)10-4-3-9-13-7-1-2-8-13;3-1(4)2(5)6/h1-2,5-11H2;(H,3,4)(H,5,6). The molecule has 1 amide bonds. The molecule has 2 rings (SSSR count). The van der Waals surface area contributed by atoms with Crippen LogP contribution in [0.1, 0.15) is 25.7 Å². The molecule has 0 aliphatic carbocycles. The molecule has 2 aliphatic heterocycles. The number of hydrogen-bond donors (Lipinski definition) is 2. The largest absolute Gasteiger partial charge is 0.473 e. The molecule has 2 aliphatic rings. The number of carbonyl (C=O) groups excluding carboxylic acids is 1. The van der Waals surface area contributed by atoms with Crippen LogP contribution < -0.4 is 0 Å². The molecule has 116 valence electrons. The summed E-state index contributed by atoms with van der Waals surface area (Å²) in [7, 11) is 0. The molecule has 2 N–H and O–H groups in total. The lowest BCUT2D eigenvalue weighted by atomic mass is 10.4. The fraction of sp³-hybridized carbons (Fsp3) is 0.643. The van der Waals surface area contributed by atoms with Gasteiger partial charge in [-0.05, 0) is 32.4 Å². The van der Waals surface area contributed by atoms with Gasteiger partial charge in [0, 0.05) is 13.0 Å². The van der Waals surface area contributed by atoms with Gasteiger partial charge in [0.15, 0.2) is 0 Å². The summed E-state index contributed by atoms with van der Waals surface area (Å²) < 4.78 is 0. The normalized spacial score (nSPS) is 17.7. The third kappa shape index (κ3) is 6.77. The van der Waals surface area contributed by atoms with Crippen molar-refractivity contribution in [2.24, 2.45) is 0 Å². The van der Waals surface area contributed by atoms with Crippen LogP contribution in [-0.4, -0.2) is 70.6 Å². The molecule has 21 heavy (non-hydrogen) atoms. The summed E-state index contributed by atoms with van der Waals surface area (Å²) in [5.74, 6) is 2.88. The molecule has 0 spiro atoms. The number of amides is 1. The van der Waals surface area contributed by atoms with Gasteiger partial charge in [-0.3, -0.25) is 9.69 Å². The van der Waals surface area contributed by atoms with Crippen molar-refractivity contribution in [3.8, 4) is 11.8 Å². The monoisotopic (exact) mass is 296 g/mol. The number of carboxylic acids is 2. The van der Waals surface area contributed by atoms with Crippen LogP contribution in [0.25, 0.3) is 0 Å². The van der Waals surface area contributed by atoms with Crippen LogP contribution in [0.3, 0.4) is 0 Å². The second-order valence-electron chi connectivity index (χ2n) is 4.87. The summed E-state index contributed by atoms with van der Waals surface area (Å²) >= 11 is 0. The van der Waals surface area contributed by atoms with Gasteiger partial charge < -0.3 is 15.1 Å². The Morgan fingerprint density at radius 1 is 0.952 bits per heavy atom. The lowest BCUT2D eigenvalue weighted by molar-refractivity contribution is -0.159. The predicted octanol–water partition coefficient (Wildman–Crippen LogP) is -0.136. The fourth-order valence-electron chi connectivity index (χ4n) is 2.13. The highest BCUT2D eigenvalue weighted by atomic mass is 16.4. The van der Waals surface area contributed by atoms with E-state index in [0.29, 0.717) is 13.0 Å². The summed E-state index contributed by atoms with van der Waals surface area (Å²) in [5.41, 5.74) is 0.